The number of benzene rings is 2. The molecule has 4 aliphatic carbocycles. The summed E-state index contributed by atoms with van der Waals surface area (Å²) in [5.74, 6) is 3.78. The number of fused-ring (bicyclic) bond motifs is 5. The molecular weight excluding hydrogens is 1000 g/mol. The summed E-state index contributed by atoms with van der Waals surface area (Å²) in [5, 5.41) is 48.1. The van der Waals surface area contributed by atoms with Gasteiger partial charge < -0.3 is 45.5 Å². The van der Waals surface area contributed by atoms with Gasteiger partial charge >= 0.3 is 0 Å². The highest BCUT2D eigenvalue weighted by Crippen LogP contribution is 2.67. The second-order valence-corrected chi connectivity index (χ2v) is 23.6. The number of hydrogen-bond donors (Lipinski definition) is 6. The normalized spacial score (nSPS) is 24.3. The molecule has 0 spiro atoms. The Morgan fingerprint density at radius 1 is 0.785 bits per heavy atom. The highest BCUT2D eigenvalue weighted by molar-refractivity contribution is 6.07. The number of nitrogens with zero attached hydrogens (tertiary/aromatic N) is 3. The number of allylic oxidation sites excluding steroid dienone is 4. The molecule has 3 fully saturated rings. The number of aliphatic hydroxyl groups is 1. The van der Waals surface area contributed by atoms with E-state index in [1.54, 1.807) is 52.9 Å². The SMILES string of the molecule is COc1cc(/C=C/C(=O)C(Cc2cn(CCCCNC(=O)CCNC(=O)CCNC(=O)CO[C@H]3CC[C@@]4(C)C(=CC[C@H]5[C@@H]6CC[C@H]([C@H](C)CCCC(C)C)[C@@]6(C)CC[C@@H]54)C3)nn2)=C(O)/C=C/c2ccc(O)c(OC)c2)ccc1O. The summed E-state index contributed by atoms with van der Waals surface area (Å²) >= 11 is 0. The first kappa shape index (κ1) is 60.2. The monoisotopic (exact) mass is 1090 g/mol. The van der Waals surface area contributed by atoms with Crippen molar-refractivity contribution in [2.45, 2.75) is 150 Å². The van der Waals surface area contributed by atoms with Crippen molar-refractivity contribution in [3.63, 3.8) is 0 Å². The number of methoxy groups -OCH3 is 2. The van der Waals surface area contributed by atoms with E-state index in [0.717, 1.165) is 54.8 Å². The number of phenols is 2. The molecule has 16 heteroatoms. The zero-order valence-electron chi connectivity index (χ0n) is 47.9. The number of aryl methyl sites for hydroxylation is 1. The summed E-state index contributed by atoms with van der Waals surface area (Å²) in [6, 6.07) is 9.34. The van der Waals surface area contributed by atoms with E-state index in [2.05, 4.69) is 67.0 Å². The zero-order chi connectivity index (χ0) is 56.7. The van der Waals surface area contributed by atoms with Crippen LogP contribution in [0.1, 0.15) is 148 Å². The average Bonchev–Trinajstić information content (AvgIpc) is 4.28. The summed E-state index contributed by atoms with van der Waals surface area (Å²) < 4.78 is 18.2. The summed E-state index contributed by atoms with van der Waals surface area (Å²) in [7, 11) is 2.86. The maximum atomic E-state index is 13.6. The van der Waals surface area contributed by atoms with Crippen LogP contribution in [0.3, 0.4) is 0 Å². The Labute approximate surface area is 467 Å². The maximum absolute atomic E-state index is 13.6. The lowest BCUT2D eigenvalue weighted by Crippen LogP contribution is -2.51. The first-order valence-electron chi connectivity index (χ1n) is 29.0. The molecule has 8 atom stereocenters. The van der Waals surface area contributed by atoms with E-state index in [4.69, 9.17) is 14.2 Å². The second-order valence-electron chi connectivity index (χ2n) is 23.6. The number of rotatable bonds is 28. The molecule has 79 heavy (non-hydrogen) atoms. The fourth-order valence-corrected chi connectivity index (χ4v) is 13.6. The molecule has 1 heterocycles. The molecule has 3 saturated carbocycles. The van der Waals surface area contributed by atoms with Gasteiger partial charge in [-0.3, -0.25) is 23.9 Å². The molecule has 16 nitrogen and oxygen atoms in total. The summed E-state index contributed by atoms with van der Waals surface area (Å²) in [6.45, 7) is 13.7. The fraction of sp³-hybridized carbons (Fsp3) is 0.587. The molecule has 0 aliphatic heterocycles. The van der Waals surface area contributed by atoms with Gasteiger partial charge in [0.15, 0.2) is 28.8 Å². The van der Waals surface area contributed by atoms with Gasteiger partial charge in [0.1, 0.15) is 12.4 Å². The van der Waals surface area contributed by atoms with Gasteiger partial charge in [0.2, 0.25) is 17.7 Å². The van der Waals surface area contributed by atoms with Crippen LogP contribution < -0.4 is 25.4 Å². The quantitative estimate of drug-likeness (QED) is 0.0131. The second kappa shape index (κ2) is 28.1. The number of aromatic nitrogens is 3. The smallest absolute Gasteiger partial charge is 0.246 e. The Kier molecular flexibility index (Phi) is 21.4. The summed E-state index contributed by atoms with van der Waals surface area (Å²) in [6.07, 6.45) is 25.3. The molecule has 6 N–H and O–H groups in total. The van der Waals surface area contributed by atoms with Crippen LogP contribution in [0.15, 0.2) is 77.7 Å². The third kappa shape index (κ3) is 15.9. The molecule has 7 rings (SSSR count). The van der Waals surface area contributed by atoms with Gasteiger partial charge in [-0.1, -0.05) is 95.0 Å². The van der Waals surface area contributed by atoms with Gasteiger partial charge in [0.05, 0.1) is 26.0 Å². The number of aromatic hydroxyl groups is 2. The number of unbranched alkanes of at least 4 members (excludes halogenated alkanes) is 1. The largest absolute Gasteiger partial charge is 0.508 e. The van der Waals surface area contributed by atoms with Crippen LogP contribution in [-0.2, 0) is 36.9 Å². The number of phenolic OH excluding ortho intramolecular Hbond substituents is 2. The number of carbonyl (C=O) groups excluding carboxylic acids is 4. The number of carbonyl (C=O) groups is 4. The third-order valence-corrected chi connectivity index (χ3v) is 18.0. The van der Waals surface area contributed by atoms with Crippen molar-refractivity contribution in [2.24, 2.45) is 46.3 Å². The standard InChI is InChI=1S/C63H88N6O10/c1-41(2)11-10-12-42(3)50-19-20-51-48-18-17-45-37-47(25-29-62(45,4)52(48)26-30-63(50,51)5)79-40-61(76)66-33-28-60(75)65-32-27-59(74)64-31-8-9-34-69-39-46(67-68-69)38-49(53(70)21-13-43-15-23-55(72)57(35-43)77-6)54(71)22-14-44-16-24-56(73)58(36-44)78-7/h13-17,21-24,35-36,39,41-42,47-48,50-52,70,72-73H,8-12,18-20,25-34,37-38,40H2,1-7H3,(H,64,74)(H,65,75)(H,66,76)/b21-13+,22-14+,53-49?/t42-,47+,48+,50-,51+,52+,62+,63-/m1/s1. The van der Waals surface area contributed by atoms with E-state index in [1.807, 2.05) is 0 Å². The molecular formula is C63H88N6O10. The molecule has 1 aromatic heterocycles. The van der Waals surface area contributed by atoms with Crippen LogP contribution in [0, 0.1) is 46.3 Å². The Hall–Kier alpha value is -6.42. The number of hydrogen-bond acceptors (Lipinski definition) is 12. The minimum Gasteiger partial charge on any atom is -0.508 e. The van der Waals surface area contributed by atoms with Crippen molar-refractivity contribution < 1.29 is 48.7 Å². The fourth-order valence-electron chi connectivity index (χ4n) is 13.6. The predicted octanol–water partition coefficient (Wildman–Crippen LogP) is 10.4. The van der Waals surface area contributed by atoms with Crippen molar-refractivity contribution in [1.82, 2.24) is 30.9 Å². The molecule has 3 aromatic rings. The topological polar surface area (TPSA) is 223 Å². The molecule has 430 valence electrons. The van der Waals surface area contributed by atoms with Crippen molar-refractivity contribution >= 4 is 35.7 Å². The Morgan fingerprint density at radius 3 is 2.11 bits per heavy atom. The number of amides is 3. The van der Waals surface area contributed by atoms with Gasteiger partial charge in [-0.25, -0.2) is 0 Å². The first-order valence-corrected chi connectivity index (χ1v) is 29.0. The van der Waals surface area contributed by atoms with E-state index in [0.29, 0.717) is 48.2 Å². The molecule has 2 aromatic carbocycles. The maximum Gasteiger partial charge on any atom is 0.246 e. The van der Waals surface area contributed by atoms with Crippen LogP contribution >= 0.6 is 0 Å². The van der Waals surface area contributed by atoms with Crippen molar-refractivity contribution in [2.75, 3.05) is 40.5 Å². The Balaban J connectivity index is 0.765. The molecule has 0 saturated heterocycles. The van der Waals surface area contributed by atoms with E-state index >= 15 is 0 Å². The number of nitrogens with one attached hydrogen (secondary N) is 3. The molecule has 3 amide bonds. The lowest BCUT2D eigenvalue weighted by molar-refractivity contribution is -0.129. The predicted molar refractivity (Wildman–Crippen MR) is 306 cm³/mol. The summed E-state index contributed by atoms with van der Waals surface area (Å²) in [5.41, 5.74) is 3.94. The lowest BCUT2D eigenvalue weighted by Gasteiger charge is -2.58. The Bertz CT molecular complexity index is 2710. The van der Waals surface area contributed by atoms with Crippen LogP contribution in [0.25, 0.3) is 12.2 Å². The highest BCUT2D eigenvalue weighted by Gasteiger charge is 2.59. The number of ketones is 1. The van der Waals surface area contributed by atoms with Crippen LogP contribution in [-0.4, -0.2) is 100 Å². The van der Waals surface area contributed by atoms with Crippen molar-refractivity contribution in [3.05, 3.63) is 94.5 Å². The third-order valence-electron chi connectivity index (χ3n) is 18.0. The van der Waals surface area contributed by atoms with Crippen molar-refractivity contribution in [3.8, 4) is 23.0 Å². The minimum atomic E-state index is -0.483. The highest BCUT2D eigenvalue weighted by atomic mass is 16.5. The van der Waals surface area contributed by atoms with Gasteiger partial charge in [-0.2, -0.15) is 0 Å². The van der Waals surface area contributed by atoms with Crippen LogP contribution in [0.4, 0.5) is 0 Å². The molecule has 4 aliphatic rings. The van der Waals surface area contributed by atoms with Crippen LogP contribution in [0.2, 0.25) is 0 Å². The van der Waals surface area contributed by atoms with E-state index in [-0.39, 0.29) is 103 Å². The Morgan fingerprint density at radius 2 is 1.44 bits per heavy atom. The average molecular weight is 1090 g/mol. The van der Waals surface area contributed by atoms with Crippen LogP contribution in [0.5, 0.6) is 23.0 Å². The van der Waals surface area contributed by atoms with Crippen molar-refractivity contribution in [1.29, 1.82) is 0 Å². The van der Waals surface area contributed by atoms with Gasteiger partial charge in [-0.15, -0.1) is 5.10 Å². The number of aliphatic hydroxyl groups excluding tert-OH is 1. The van der Waals surface area contributed by atoms with Gasteiger partial charge in [0, 0.05) is 57.2 Å². The summed E-state index contributed by atoms with van der Waals surface area (Å²) in [4.78, 5) is 51.5. The van der Waals surface area contributed by atoms with E-state index < -0.39 is 5.78 Å². The van der Waals surface area contributed by atoms with Gasteiger partial charge in [-0.05, 0) is 158 Å². The number of ether oxygens (including phenoxy) is 3. The van der Waals surface area contributed by atoms with E-state index in [1.165, 1.54) is 89.9 Å². The van der Waals surface area contributed by atoms with Gasteiger partial charge in [0.25, 0.3) is 0 Å². The minimum absolute atomic E-state index is 0.0229. The first-order chi connectivity index (χ1) is 37.9. The molecule has 0 unspecified atom stereocenters. The zero-order valence-corrected chi connectivity index (χ0v) is 47.9. The lowest BCUT2D eigenvalue weighted by atomic mass is 9.47. The molecule has 0 bridgehead atoms. The van der Waals surface area contributed by atoms with E-state index in [9.17, 15) is 34.5 Å². The molecule has 0 radical (unpaired) electrons.